The largest absolute Gasteiger partial charge is 0.356 e. The molecule has 20 heavy (non-hydrogen) atoms. The van der Waals surface area contributed by atoms with E-state index < -0.39 is 0 Å². The molecule has 0 atom stereocenters. The fraction of sp³-hybridized carbons (Fsp3) is 0.312. The van der Waals surface area contributed by atoms with Crippen molar-refractivity contribution in [3.8, 4) is 0 Å². The lowest BCUT2D eigenvalue weighted by molar-refractivity contribution is 0.102. The van der Waals surface area contributed by atoms with E-state index in [4.69, 9.17) is 0 Å². The first-order valence-corrected chi connectivity index (χ1v) is 7.72. The molecule has 0 radical (unpaired) electrons. The molecule has 1 aromatic carbocycles. The normalized spacial score (nSPS) is 10.5. The predicted molar refractivity (Wildman–Crippen MR) is 86.1 cm³/mol. The van der Waals surface area contributed by atoms with Crippen LogP contribution >= 0.6 is 15.9 Å². The monoisotopic (exact) mass is 334 g/mol. The molecule has 0 spiro atoms. The standard InChI is InChI=1S/C16H19BrN2O/c1-2-3-4-5-12-6-8-14(9-7-12)19-16(20)15-10-13(17)11-18-15/h6-11,18H,2-5H2,1H3,(H,19,20). The van der Waals surface area contributed by atoms with Crippen LogP contribution in [0.15, 0.2) is 41.0 Å². The summed E-state index contributed by atoms with van der Waals surface area (Å²) >= 11 is 3.31. The fourth-order valence-electron chi connectivity index (χ4n) is 2.03. The van der Waals surface area contributed by atoms with Gasteiger partial charge in [0.05, 0.1) is 0 Å². The van der Waals surface area contributed by atoms with Crippen molar-refractivity contribution in [2.24, 2.45) is 0 Å². The molecule has 1 aromatic heterocycles. The molecule has 0 aliphatic heterocycles. The number of aryl methyl sites for hydroxylation is 1. The van der Waals surface area contributed by atoms with E-state index >= 15 is 0 Å². The SMILES string of the molecule is CCCCCc1ccc(NC(=O)c2cc(Br)c[nH]2)cc1. The highest BCUT2D eigenvalue weighted by atomic mass is 79.9. The van der Waals surface area contributed by atoms with Crippen LogP contribution in [0, 0.1) is 0 Å². The first-order valence-electron chi connectivity index (χ1n) is 6.93. The van der Waals surface area contributed by atoms with Crippen molar-refractivity contribution in [1.82, 2.24) is 4.98 Å². The number of benzene rings is 1. The summed E-state index contributed by atoms with van der Waals surface area (Å²) in [6.07, 6.45) is 6.57. The number of carbonyl (C=O) groups is 1. The van der Waals surface area contributed by atoms with Crippen molar-refractivity contribution in [2.75, 3.05) is 5.32 Å². The number of aromatic nitrogens is 1. The summed E-state index contributed by atoms with van der Waals surface area (Å²) in [5, 5.41) is 2.87. The summed E-state index contributed by atoms with van der Waals surface area (Å²) in [4.78, 5) is 14.9. The molecule has 2 N–H and O–H groups in total. The summed E-state index contributed by atoms with van der Waals surface area (Å²) in [7, 11) is 0. The molecule has 106 valence electrons. The maximum Gasteiger partial charge on any atom is 0.272 e. The average molecular weight is 335 g/mol. The number of hydrogen-bond donors (Lipinski definition) is 2. The van der Waals surface area contributed by atoms with E-state index in [1.165, 1.54) is 24.8 Å². The number of carbonyl (C=O) groups excluding carboxylic acids is 1. The van der Waals surface area contributed by atoms with E-state index in [0.717, 1.165) is 16.6 Å². The zero-order valence-corrected chi connectivity index (χ0v) is 13.2. The van der Waals surface area contributed by atoms with Crippen LogP contribution in [-0.4, -0.2) is 10.9 Å². The van der Waals surface area contributed by atoms with E-state index in [9.17, 15) is 4.79 Å². The van der Waals surface area contributed by atoms with Gasteiger partial charge in [-0.2, -0.15) is 0 Å². The zero-order chi connectivity index (χ0) is 14.4. The van der Waals surface area contributed by atoms with Crippen LogP contribution in [0.2, 0.25) is 0 Å². The minimum atomic E-state index is -0.130. The third-order valence-corrected chi connectivity index (χ3v) is 3.63. The number of amides is 1. The molecule has 0 aliphatic rings. The molecule has 3 nitrogen and oxygen atoms in total. The maximum absolute atomic E-state index is 12.0. The number of aromatic amines is 1. The number of hydrogen-bond acceptors (Lipinski definition) is 1. The van der Waals surface area contributed by atoms with Crippen LogP contribution in [0.1, 0.15) is 42.2 Å². The summed E-state index contributed by atoms with van der Waals surface area (Å²) in [6.45, 7) is 2.21. The van der Waals surface area contributed by atoms with Crippen molar-refractivity contribution in [1.29, 1.82) is 0 Å². The zero-order valence-electron chi connectivity index (χ0n) is 11.6. The lowest BCUT2D eigenvalue weighted by Crippen LogP contribution is -2.12. The molecule has 0 bridgehead atoms. The molecule has 0 unspecified atom stereocenters. The van der Waals surface area contributed by atoms with Gasteiger partial charge in [-0.25, -0.2) is 0 Å². The van der Waals surface area contributed by atoms with Crippen LogP contribution in [-0.2, 0) is 6.42 Å². The number of nitrogens with one attached hydrogen (secondary N) is 2. The highest BCUT2D eigenvalue weighted by Gasteiger charge is 2.07. The molecule has 1 amide bonds. The van der Waals surface area contributed by atoms with E-state index in [1.807, 2.05) is 12.1 Å². The lowest BCUT2D eigenvalue weighted by Gasteiger charge is -2.05. The number of unbranched alkanes of at least 4 members (excludes halogenated alkanes) is 2. The molecular weight excluding hydrogens is 316 g/mol. The molecule has 2 rings (SSSR count). The van der Waals surface area contributed by atoms with Gasteiger partial charge in [-0.15, -0.1) is 0 Å². The van der Waals surface area contributed by atoms with Gasteiger partial charge in [-0.1, -0.05) is 31.9 Å². The highest BCUT2D eigenvalue weighted by Crippen LogP contribution is 2.15. The summed E-state index contributed by atoms with van der Waals surface area (Å²) < 4.78 is 0.869. The third-order valence-electron chi connectivity index (χ3n) is 3.17. The first-order chi connectivity index (χ1) is 9.69. The number of halogens is 1. The van der Waals surface area contributed by atoms with Crippen molar-refractivity contribution in [3.05, 3.63) is 52.3 Å². The summed E-state index contributed by atoms with van der Waals surface area (Å²) in [6, 6.07) is 9.83. The van der Waals surface area contributed by atoms with Gasteiger partial charge < -0.3 is 10.3 Å². The average Bonchev–Trinajstić information content (AvgIpc) is 2.88. The van der Waals surface area contributed by atoms with Gasteiger partial charge in [0.2, 0.25) is 0 Å². The molecule has 1 heterocycles. The molecular formula is C16H19BrN2O. The molecule has 0 saturated heterocycles. The van der Waals surface area contributed by atoms with E-state index in [1.54, 1.807) is 12.3 Å². The molecule has 0 fully saturated rings. The number of H-pyrrole nitrogens is 1. The van der Waals surface area contributed by atoms with E-state index in [2.05, 4.69) is 45.3 Å². The molecule has 4 heteroatoms. The molecule has 0 saturated carbocycles. The number of anilines is 1. The Balaban J connectivity index is 1.91. The second-order valence-electron chi connectivity index (χ2n) is 4.84. The topological polar surface area (TPSA) is 44.9 Å². The van der Waals surface area contributed by atoms with Crippen LogP contribution in [0.3, 0.4) is 0 Å². The van der Waals surface area contributed by atoms with Gasteiger partial charge in [0.15, 0.2) is 0 Å². The van der Waals surface area contributed by atoms with Gasteiger partial charge in [0.1, 0.15) is 5.69 Å². The van der Waals surface area contributed by atoms with Crippen molar-refractivity contribution in [3.63, 3.8) is 0 Å². The van der Waals surface area contributed by atoms with Crippen LogP contribution < -0.4 is 5.32 Å². The fourth-order valence-corrected chi connectivity index (χ4v) is 2.37. The minimum Gasteiger partial charge on any atom is -0.356 e. The second kappa shape index (κ2) is 7.29. The Morgan fingerprint density at radius 2 is 2.00 bits per heavy atom. The number of rotatable bonds is 6. The van der Waals surface area contributed by atoms with Gasteiger partial charge in [-0.05, 0) is 52.5 Å². The Kier molecular flexibility index (Phi) is 5.41. The third kappa shape index (κ3) is 4.23. The first kappa shape index (κ1) is 14.9. The minimum absolute atomic E-state index is 0.130. The summed E-state index contributed by atoms with van der Waals surface area (Å²) in [5.41, 5.74) is 2.68. The second-order valence-corrected chi connectivity index (χ2v) is 5.76. The Morgan fingerprint density at radius 3 is 2.60 bits per heavy atom. The Labute approximate surface area is 127 Å². The molecule has 0 aliphatic carbocycles. The van der Waals surface area contributed by atoms with Crippen molar-refractivity contribution < 1.29 is 4.79 Å². The Bertz CT molecular complexity index is 560. The summed E-state index contributed by atoms with van der Waals surface area (Å²) in [5.74, 6) is -0.130. The van der Waals surface area contributed by atoms with Crippen molar-refractivity contribution >= 4 is 27.5 Å². The van der Waals surface area contributed by atoms with E-state index in [0.29, 0.717) is 5.69 Å². The Morgan fingerprint density at radius 1 is 1.25 bits per heavy atom. The van der Waals surface area contributed by atoms with Crippen molar-refractivity contribution in [2.45, 2.75) is 32.6 Å². The maximum atomic E-state index is 12.0. The van der Waals surface area contributed by atoms with Gasteiger partial charge in [0, 0.05) is 16.4 Å². The Hall–Kier alpha value is -1.55. The van der Waals surface area contributed by atoms with Crippen LogP contribution in [0.5, 0.6) is 0 Å². The quantitative estimate of drug-likeness (QED) is 0.735. The lowest BCUT2D eigenvalue weighted by atomic mass is 10.1. The van der Waals surface area contributed by atoms with E-state index in [-0.39, 0.29) is 5.91 Å². The van der Waals surface area contributed by atoms with Crippen LogP contribution in [0.4, 0.5) is 5.69 Å². The predicted octanol–water partition coefficient (Wildman–Crippen LogP) is 4.76. The van der Waals surface area contributed by atoms with Gasteiger partial charge in [-0.3, -0.25) is 4.79 Å². The molecule has 2 aromatic rings. The van der Waals surface area contributed by atoms with Gasteiger partial charge >= 0.3 is 0 Å². The van der Waals surface area contributed by atoms with Crippen LogP contribution in [0.25, 0.3) is 0 Å². The highest BCUT2D eigenvalue weighted by molar-refractivity contribution is 9.10. The van der Waals surface area contributed by atoms with Gasteiger partial charge in [0.25, 0.3) is 5.91 Å². The smallest absolute Gasteiger partial charge is 0.272 e.